The molecule has 4 heteroatoms. The summed E-state index contributed by atoms with van der Waals surface area (Å²) < 4.78 is 5.12. The van der Waals surface area contributed by atoms with Gasteiger partial charge >= 0.3 is 0 Å². The standard InChI is InChI=1S/C17H25NO3/c1-12(2)8-9-18-11-14(10-16(18)19)17(20)13-4-6-15(21-3)7-5-13/h4-7,12,14,17,20H,8-11H2,1-3H3. The largest absolute Gasteiger partial charge is 0.497 e. The number of likely N-dealkylation sites (tertiary alicyclic amines) is 1. The van der Waals surface area contributed by atoms with E-state index in [4.69, 9.17) is 4.74 Å². The van der Waals surface area contributed by atoms with Gasteiger partial charge in [-0.25, -0.2) is 0 Å². The predicted octanol–water partition coefficient (Wildman–Crippen LogP) is 2.62. The first-order valence-corrected chi connectivity index (χ1v) is 7.61. The van der Waals surface area contributed by atoms with Gasteiger partial charge in [-0.2, -0.15) is 0 Å². The highest BCUT2D eigenvalue weighted by Gasteiger charge is 2.34. The Kier molecular flexibility index (Phi) is 5.23. The van der Waals surface area contributed by atoms with Crippen molar-refractivity contribution in [3.8, 4) is 5.75 Å². The molecule has 1 heterocycles. The van der Waals surface area contributed by atoms with Crippen LogP contribution in [0.3, 0.4) is 0 Å². The Balaban J connectivity index is 1.96. The molecule has 1 saturated heterocycles. The fourth-order valence-corrected chi connectivity index (χ4v) is 2.72. The van der Waals surface area contributed by atoms with Crippen LogP contribution < -0.4 is 4.74 Å². The number of ether oxygens (including phenoxy) is 1. The Morgan fingerprint density at radius 2 is 2.00 bits per heavy atom. The Morgan fingerprint density at radius 3 is 2.57 bits per heavy atom. The van der Waals surface area contributed by atoms with Crippen molar-refractivity contribution in [1.82, 2.24) is 4.90 Å². The quantitative estimate of drug-likeness (QED) is 0.876. The molecule has 4 nitrogen and oxygen atoms in total. The molecule has 0 spiro atoms. The molecule has 0 bridgehead atoms. The highest BCUT2D eigenvalue weighted by molar-refractivity contribution is 5.78. The van der Waals surface area contributed by atoms with Gasteiger partial charge in [0.05, 0.1) is 13.2 Å². The lowest BCUT2D eigenvalue weighted by molar-refractivity contribution is -0.127. The maximum atomic E-state index is 12.0. The van der Waals surface area contributed by atoms with Crippen LogP contribution in [0.25, 0.3) is 0 Å². The molecule has 1 fully saturated rings. The zero-order valence-electron chi connectivity index (χ0n) is 13.1. The predicted molar refractivity (Wildman–Crippen MR) is 82.1 cm³/mol. The topological polar surface area (TPSA) is 49.8 Å². The van der Waals surface area contributed by atoms with Crippen LogP contribution in [0.4, 0.5) is 0 Å². The van der Waals surface area contributed by atoms with Crippen molar-refractivity contribution in [2.75, 3.05) is 20.2 Å². The molecule has 21 heavy (non-hydrogen) atoms. The maximum Gasteiger partial charge on any atom is 0.223 e. The third-order valence-electron chi connectivity index (χ3n) is 4.12. The van der Waals surface area contributed by atoms with Gasteiger partial charge in [-0.3, -0.25) is 4.79 Å². The molecule has 1 amide bonds. The molecule has 1 aliphatic heterocycles. The van der Waals surface area contributed by atoms with Gasteiger partial charge in [0.25, 0.3) is 0 Å². The smallest absolute Gasteiger partial charge is 0.223 e. The van der Waals surface area contributed by atoms with E-state index in [2.05, 4.69) is 13.8 Å². The monoisotopic (exact) mass is 291 g/mol. The van der Waals surface area contributed by atoms with Crippen molar-refractivity contribution in [1.29, 1.82) is 0 Å². The summed E-state index contributed by atoms with van der Waals surface area (Å²) in [6, 6.07) is 7.41. The Hall–Kier alpha value is -1.55. The van der Waals surface area contributed by atoms with Crippen molar-refractivity contribution in [2.45, 2.75) is 32.8 Å². The molecular weight excluding hydrogens is 266 g/mol. The minimum absolute atomic E-state index is 0.0157. The number of methoxy groups -OCH3 is 1. The summed E-state index contributed by atoms with van der Waals surface area (Å²) >= 11 is 0. The van der Waals surface area contributed by atoms with Gasteiger partial charge in [0.15, 0.2) is 0 Å². The second kappa shape index (κ2) is 6.94. The van der Waals surface area contributed by atoms with Crippen LogP contribution in [-0.2, 0) is 4.79 Å². The van der Waals surface area contributed by atoms with E-state index in [1.54, 1.807) is 7.11 Å². The van der Waals surface area contributed by atoms with Crippen molar-refractivity contribution in [2.24, 2.45) is 11.8 Å². The van der Waals surface area contributed by atoms with Gasteiger partial charge < -0.3 is 14.7 Å². The second-order valence-electron chi connectivity index (χ2n) is 6.20. The molecule has 2 unspecified atom stereocenters. The van der Waals surface area contributed by atoms with E-state index in [0.717, 1.165) is 24.3 Å². The number of hydrogen-bond donors (Lipinski definition) is 1. The number of benzene rings is 1. The van der Waals surface area contributed by atoms with Crippen molar-refractivity contribution < 1.29 is 14.6 Å². The SMILES string of the molecule is COc1ccc(C(O)C2CC(=O)N(CCC(C)C)C2)cc1. The van der Waals surface area contributed by atoms with Crippen LogP contribution in [0.15, 0.2) is 24.3 Å². The fourth-order valence-electron chi connectivity index (χ4n) is 2.72. The molecule has 2 atom stereocenters. The van der Waals surface area contributed by atoms with Crippen molar-refractivity contribution >= 4 is 5.91 Å². The Labute approximate surface area is 126 Å². The molecule has 1 aromatic rings. The fraction of sp³-hybridized carbons (Fsp3) is 0.588. The number of rotatable bonds is 6. The molecule has 1 aliphatic rings. The zero-order valence-corrected chi connectivity index (χ0v) is 13.1. The lowest BCUT2D eigenvalue weighted by atomic mass is 9.95. The molecule has 0 aliphatic carbocycles. The summed E-state index contributed by atoms with van der Waals surface area (Å²) in [6.45, 7) is 5.76. The first kappa shape index (κ1) is 15.8. The van der Waals surface area contributed by atoms with E-state index < -0.39 is 6.10 Å². The number of hydrogen-bond acceptors (Lipinski definition) is 3. The number of aliphatic hydroxyl groups excluding tert-OH is 1. The maximum absolute atomic E-state index is 12.0. The molecule has 1 N–H and O–H groups in total. The first-order chi connectivity index (χ1) is 10.0. The summed E-state index contributed by atoms with van der Waals surface area (Å²) in [5.74, 6) is 1.50. The van der Waals surface area contributed by atoms with E-state index in [1.165, 1.54) is 0 Å². The Morgan fingerprint density at radius 1 is 1.33 bits per heavy atom. The van der Waals surface area contributed by atoms with E-state index in [0.29, 0.717) is 18.9 Å². The van der Waals surface area contributed by atoms with Gasteiger partial charge in [0.1, 0.15) is 5.75 Å². The normalized spacial score (nSPS) is 20.1. The molecule has 0 saturated carbocycles. The minimum atomic E-state index is -0.594. The van der Waals surface area contributed by atoms with Crippen LogP contribution in [0, 0.1) is 11.8 Å². The number of amides is 1. The van der Waals surface area contributed by atoms with E-state index in [9.17, 15) is 9.90 Å². The summed E-state index contributed by atoms with van der Waals surface area (Å²) in [7, 11) is 1.62. The van der Waals surface area contributed by atoms with Gasteiger partial charge in [-0.15, -0.1) is 0 Å². The third kappa shape index (κ3) is 3.97. The average molecular weight is 291 g/mol. The number of aliphatic hydroxyl groups is 1. The van der Waals surface area contributed by atoms with Crippen LogP contribution in [0.1, 0.15) is 38.4 Å². The summed E-state index contributed by atoms with van der Waals surface area (Å²) in [6.07, 6.45) is 0.853. The van der Waals surface area contributed by atoms with Crippen LogP contribution in [-0.4, -0.2) is 36.1 Å². The molecular formula is C17H25NO3. The number of nitrogens with zero attached hydrogens (tertiary/aromatic N) is 1. The number of carbonyl (C=O) groups excluding carboxylic acids is 1. The summed E-state index contributed by atoms with van der Waals surface area (Å²) in [4.78, 5) is 13.9. The van der Waals surface area contributed by atoms with E-state index in [1.807, 2.05) is 29.2 Å². The van der Waals surface area contributed by atoms with Crippen molar-refractivity contribution in [3.05, 3.63) is 29.8 Å². The van der Waals surface area contributed by atoms with Crippen LogP contribution in [0.5, 0.6) is 5.75 Å². The molecule has 1 aromatic carbocycles. The summed E-state index contributed by atoms with van der Waals surface area (Å²) in [5.41, 5.74) is 0.847. The van der Waals surface area contributed by atoms with Crippen LogP contribution >= 0.6 is 0 Å². The number of carbonyl (C=O) groups is 1. The summed E-state index contributed by atoms with van der Waals surface area (Å²) in [5, 5.41) is 10.5. The van der Waals surface area contributed by atoms with Crippen LogP contribution in [0.2, 0.25) is 0 Å². The highest BCUT2D eigenvalue weighted by Crippen LogP contribution is 2.31. The van der Waals surface area contributed by atoms with Gasteiger partial charge in [0.2, 0.25) is 5.91 Å². The van der Waals surface area contributed by atoms with E-state index in [-0.39, 0.29) is 11.8 Å². The van der Waals surface area contributed by atoms with Gasteiger partial charge in [0, 0.05) is 25.4 Å². The third-order valence-corrected chi connectivity index (χ3v) is 4.12. The molecule has 0 aromatic heterocycles. The van der Waals surface area contributed by atoms with Gasteiger partial charge in [-0.05, 0) is 30.0 Å². The average Bonchev–Trinajstić information content (AvgIpc) is 2.85. The highest BCUT2D eigenvalue weighted by atomic mass is 16.5. The van der Waals surface area contributed by atoms with Crippen molar-refractivity contribution in [3.63, 3.8) is 0 Å². The minimum Gasteiger partial charge on any atom is -0.497 e. The molecule has 0 radical (unpaired) electrons. The molecule has 116 valence electrons. The van der Waals surface area contributed by atoms with E-state index >= 15 is 0 Å². The zero-order chi connectivity index (χ0) is 15.4. The lowest BCUT2D eigenvalue weighted by Gasteiger charge is -2.20. The Bertz CT molecular complexity index is 469. The second-order valence-corrected chi connectivity index (χ2v) is 6.20. The molecule has 2 rings (SSSR count). The lowest BCUT2D eigenvalue weighted by Crippen LogP contribution is -2.27. The first-order valence-electron chi connectivity index (χ1n) is 7.61. The van der Waals surface area contributed by atoms with Gasteiger partial charge in [-0.1, -0.05) is 26.0 Å².